The Morgan fingerprint density at radius 3 is 2.38 bits per heavy atom. The molecule has 0 aliphatic heterocycles. The van der Waals surface area contributed by atoms with E-state index in [0.29, 0.717) is 13.0 Å². The van der Waals surface area contributed by atoms with Crippen molar-refractivity contribution in [3.63, 3.8) is 0 Å². The molecule has 2 N–H and O–H groups in total. The Kier molecular flexibility index (Phi) is 6.14. The number of carboxylic acids is 1. The molecule has 0 spiro atoms. The standard InChI is InChI=1S/C10H18N2O4/c1-7(11-8(2)13)10(16)12(3)6-4-5-9(14)15/h7H,4-6H2,1-3H3,(H,11,13)(H,14,15). The van der Waals surface area contributed by atoms with Gasteiger partial charge in [0.2, 0.25) is 11.8 Å². The first-order valence-electron chi connectivity index (χ1n) is 5.08. The van der Waals surface area contributed by atoms with Gasteiger partial charge in [-0.05, 0) is 13.3 Å². The third-order valence-corrected chi connectivity index (χ3v) is 2.05. The number of nitrogens with zero attached hydrogens (tertiary/aromatic N) is 1. The summed E-state index contributed by atoms with van der Waals surface area (Å²) in [4.78, 5) is 34.0. The summed E-state index contributed by atoms with van der Waals surface area (Å²) in [5.41, 5.74) is 0. The first kappa shape index (κ1) is 14.4. The predicted octanol–water partition coefficient (Wildman–Crippen LogP) is -0.166. The second-order valence-corrected chi connectivity index (χ2v) is 3.68. The Balaban J connectivity index is 3.97. The van der Waals surface area contributed by atoms with Gasteiger partial charge in [0, 0.05) is 26.9 Å². The molecule has 0 fully saturated rings. The van der Waals surface area contributed by atoms with E-state index in [9.17, 15) is 14.4 Å². The van der Waals surface area contributed by atoms with Gasteiger partial charge in [-0.15, -0.1) is 0 Å². The summed E-state index contributed by atoms with van der Waals surface area (Å²) >= 11 is 0. The molecule has 0 aliphatic carbocycles. The summed E-state index contributed by atoms with van der Waals surface area (Å²) < 4.78 is 0. The van der Waals surface area contributed by atoms with Crippen LogP contribution in [0.2, 0.25) is 0 Å². The summed E-state index contributed by atoms with van der Waals surface area (Å²) in [5, 5.41) is 10.9. The second-order valence-electron chi connectivity index (χ2n) is 3.68. The van der Waals surface area contributed by atoms with Crippen LogP contribution in [-0.2, 0) is 14.4 Å². The average Bonchev–Trinajstić information content (AvgIpc) is 2.14. The van der Waals surface area contributed by atoms with Crippen LogP contribution in [0.4, 0.5) is 0 Å². The number of amides is 2. The first-order valence-corrected chi connectivity index (χ1v) is 5.08. The summed E-state index contributed by atoms with van der Waals surface area (Å²) in [6.07, 6.45) is 0.441. The smallest absolute Gasteiger partial charge is 0.303 e. The number of aliphatic carboxylic acids is 1. The third-order valence-electron chi connectivity index (χ3n) is 2.05. The van der Waals surface area contributed by atoms with Gasteiger partial charge in [0.1, 0.15) is 6.04 Å². The Labute approximate surface area is 94.6 Å². The predicted molar refractivity (Wildman–Crippen MR) is 57.8 cm³/mol. The van der Waals surface area contributed by atoms with Crippen LogP contribution in [0.25, 0.3) is 0 Å². The zero-order chi connectivity index (χ0) is 12.7. The number of likely N-dealkylation sites (N-methyl/N-ethyl adjacent to an activating group) is 1. The van der Waals surface area contributed by atoms with E-state index in [4.69, 9.17) is 5.11 Å². The van der Waals surface area contributed by atoms with Crippen LogP contribution in [0.3, 0.4) is 0 Å². The van der Waals surface area contributed by atoms with Crippen molar-refractivity contribution in [3.05, 3.63) is 0 Å². The lowest BCUT2D eigenvalue weighted by molar-refractivity contribution is -0.138. The summed E-state index contributed by atoms with van der Waals surface area (Å²) in [6.45, 7) is 3.31. The lowest BCUT2D eigenvalue weighted by Gasteiger charge is -2.21. The maximum absolute atomic E-state index is 11.6. The maximum Gasteiger partial charge on any atom is 0.303 e. The van der Waals surface area contributed by atoms with E-state index < -0.39 is 12.0 Å². The molecule has 1 unspecified atom stereocenters. The normalized spacial score (nSPS) is 11.7. The van der Waals surface area contributed by atoms with Gasteiger partial charge in [0.15, 0.2) is 0 Å². The molecule has 0 aromatic rings. The van der Waals surface area contributed by atoms with Gasteiger partial charge in [-0.1, -0.05) is 0 Å². The van der Waals surface area contributed by atoms with E-state index in [1.54, 1.807) is 14.0 Å². The summed E-state index contributed by atoms with van der Waals surface area (Å²) in [5.74, 6) is -1.36. The van der Waals surface area contributed by atoms with Crippen molar-refractivity contribution in [1.82, 2.24) is 10.2 Å². The maximum atomic E-state index is 11.6. The van der Waals surface area contributed by atoms with Crippen LogP contribution >= 0.6 is 0 Å². The van der Waals surface area contributed by atoms with Crippen LogP contribution < -0.4 is 5.32 Å². The fourth-order valence-electron chi connectivity index (χ4n) is 1.27. The molecule has 6 nitrogen and oxygen atoms in total. The van der Waals surface area contributed by atoms with Gasteiger partial charge in [0.05, 0.1) is 0 Å². The number of hydrogen-bond donors (Lipinski definition) is 2. The van der Waals surface area contributed by atoms with E-state index in [1.165, 1.54) is 11.8 Å². The van der Waals surface area contributed by atoms with Crippen LogP contribution in [-0.4, -0.2) is 47.4 Å². The minimum absolute atomic E-state index is 0.0339. The highest BCUT2D eigenvalue weighted by molar-refractivity contribution is 5.86. The first-order chi connectivity index (χ1) is 7.34. The molecular weight excluding hydrogens is 212 g/mol. The minimum atomic E-state index is -0.879. The Morgan fingerprint density at radius 1 is 1.38 bits per heavy atom. The van der Waals surface area contributed by atoms with E-state index in [2.05, 4.69) is 5.32 Å². The molecule has 0 radical (unpaired) electrons. The number of carbonyl (C=O) groups excluding carboxylic acids is 2. The molecule has 16 heavy (non-hydrogen) atoms. The van der Waals surface area contributed by atoms with Crippen molar-refractivity contribution in [3.8, 4) is 0 Å². The Hall–Kier alpha value is -1.59. The molecular formula is C10H18N2O4. The van der Waals surface area contributed by atoms with E-state index in [0.717, 1.165) is 0 Å². The number of carboxylic acid groups (broad SMARTS) is 1. The van der Waals surface area contributed by atoms with E-state index >= 15 is 0 Å². The van der Waals surface area contributed by atoms with Crippen molar-refractivity contribution >= 4 is 17.8 Å². The molecule has 1 atom stereocenters. The highest BCUT2D eigenvalue weighted by Crippen LogP contribution is 1.97. The van der Waals surface area contributed by atoms with Crippen LogP contribution in [0, 0.1) is 0 Å². The third kappa shape index (κ3) is 6.00. The fraction of sp³-hybridized carbons (Fsp3) is 0.700. The molecule has 6 heteroatoms. The zero-order valence-electron chi connectivity index (χ0n) is 9.82. The number of rotatable bonds is 6. The molecule has 0 bridgehead atoms. The SMILES string of the molecule is CC(=O)NC(C)C(=O)N(C)CCCC(=O)O. The highest BCUT2D eigenvalue weighted by Gasteiger charge is 2.17. The average molecular weight is 230 g/mol. The Morgan fingerprint density at radius 2 is 1.94 bits per heavy atom. The topological polar surface area (TPSA) is 86.7 Å². The van der Waals surface area contributed by atoms with Gasteiger partial charge in [-0.3, -0.25) is 14.4 Å². The van der Waals surface area contributed by atoms with Gasteiger partial charge < -0.3 is 15.3 Å². The monoisotopic (exact) mass is 230 g/mol. The van der Waals surface area contributed by atoms with Crippen molar-refractivity contribution < 1.29 is 19.5 Å². The molecule has 0 saturated heterocycles. The molecule has 0 saturated carbocycles. The van der Waals surface area contributed by atoms with Gasteiger partial charge in [-0.25, -0.2) is 0 Å². The lowest BCUT2D eigenvalue weighted by Crippen LogP contribution is -2.45. The minimum Gasteiger partial charge on any atom is -0.481 e. The number of carbonyl (C=O) groups is 3. The molecule has 0 aromatic heterocycles. The van der Waals surface area contributed by atoms with Gasteiger partial charge in [0.25, 0.3) is 0 Å². The zero-order valence-corrected chi connectivity index (χ0v) is 9.82. The van der Waals surface area contributed by atoms with Gasteiger partial charge in [-0.2, -0.15) is 0 Å². The van der Waals surface area contributed by atoms with Gasteiger partial charge >= 0.3 is 5.97 Å². The van der Waals surface area contributed by atoms with E-state index in [-0.39, 0.29) is 18.2 Å². The largest absolute Gasteiger partial charge is 0.481 e. The van der Waals surface area contributed by atoms with Crippen molar-refractivity contribution in [2.75, 3.05) is 13.6 Å². The number of hydrogen-bond acceptors (Lipinski definition) is 3. The molecule has 2 amide bonds. The number of nitrogens with one attached hydrogen (secondary N) is 1. The van der Waals surface area contributed by atoms with Crippen molar-refractivity contribution in [2.45, 2.75) is 32.7 Å². The van der Waals surface area contributed by atoms with Crippen molar-refractivity contribution in [1.29, 1.82) is 0 Å². The summed E-state index contributed by atoms with van der Waals surface area (Å²) in [6, 6.07) is -0.577. The second kappa shape index (κ2) is 6.81. The summed E-state index contributed by atoms with van der Waals surface area (Å²) in [7, 11) is 1.59. The lowest BCUT2D eigenvalue weighted by atomic mass is 10.2. The quantitative estimate of drug-likeness (QED) is 0.663. The highest BCUT2D eigenvalue weighted by atomic mass is 16.4. The van der Waals surface area contributed by atoms with Crippen molar-refractivity contribution in [2.24, 2.45) is 0 Å². The molecule has 92 valence electrons. The fourth-order valence-corrected chi connectivity index (χ4v) is 1.27. The molecule has 0 heterocycles. The molecule has 0 aromatic carbocycles. The van der Waals surface area contributed by atoms with Crippen LogP contribution in [0.5, 0.6) is 0 Å². The van der Waals surface area contributed by atoms with E-state index in [1.807, 2.05) is 0 Å². The molecule has 0 rings (SSSR count). The Bertz CT molecular complexity index is 278. The van der Waals surface area contributed by atoms with Crippen LogP contribution in [0.1, 0.15) is 26.7 Å². The van der Waals surface area contributed by atoms with Crippen LogP contribution in [0.15, 0.2) is 0 Å². The molecule has 0 aliphatic rings.